The van der Waals surface area contributed by atoms with Crippen LogP contribution in [0.5, 0.6) is 0 Å². The average molecular weight is 599 g/mol. The highest BCUT2D eigenvalue weighted by Crippen LogP contribution is 2.41. The number of nitrogens with one attached hydrogen (secondary N) is 1. The number of carbonyl (C=O) groups is 3. The van der Waals surface area contributed by atoms with E-state index in [1.807, 2.05) is 24.3 Å². The summed E-state index contributed by atoms with van der Waals surface area (Å²) in [5.41, 5.74) is 3.24. The lowest BCUT2D eigenvalue weighted by molar-refractivity contribution is -0.140. The number of ketones is 1. The van der Waals surface area contributed by atoms with Crippen molar-refractivity contribution in [3.63, 3.8) is 0 Å². The van der Waals surface area contributed by atoms with Crippen LogP contribution >= 0.6 is 15.9 Å². The number of allylic oxidation sites excluding steroid dienone is 2. The summed E-state index contributed by atoms with van der Waals surface area (Å²) >= 11 is 3.57. The quantitative estimate of drug-likeness (QED) is 0.333. The van der Waals surface area contributed by atoms with Gasteiger partial charge in [0.05, 0.1) is 24.2 Å². The molecule has 2 heterocycles. The van der Waals surface area contributed by atoms with E-state index in [1.54, 1.807) is 13.8 Å². The van der Waals surface area contributed by atoms with Crippen molar-refractivity contribution < 1.29 is 28.2 Å². The Kier molecular flexibility index (Phi) is 9.35. The largest absolute Gasteiger partial charge is 0.466 e. The number of dihydropyridines is 1. The zero-order chi connectivity index (χ0) is 28.1. The molecule has 2 aliphatic heterocycles. The van der Waals surface area contributed by atoms with Crippen molar-refractivity contribution in [3.05, 3.63) is 92.5 Å². The fourth-order valence-electron chi connectivity index (χ4n) is 5.28. The van der Waals surface area contributed by atoms with Crippen molar-refractivity contribution in [2.24, 2.45) is 5.92 Å². The van der Waals surface area contributed by atoms with Crippen molar-refractivity contribution >= 4 is 33.7 Å². The second-order valence-corrected chi connectivity index (χ2v) is 10.6. The minimum Gasteiger partial charge on any atom is -0.466 e. The molecule has 0 aromatic heterocycles. The number of benzene rings is 2. The van der Waals surface area contributed by atoms with Gasteiger partial charge in [-0.2, -0.15) is 0 Å². The molecule has 206 valence electrons. The minimum atomic E-state index is -0.657. The maximum atomic E-state index is 13.4. The third-order valence-electron chi connectivity index (χ3n) is 7.33. The van der Waals surface area contributed by atoms with Crippen LogP contribution in [-0.2, 0) is 19.1 Å². The number of ether oxygens (including phenoxy) is 2. The van der Waals surface area contributed by atoms with E-state index in [0.717, 1.165) is 10.0 Å². The van der Waals surface area contributed by atoms with Crippen molar-refractivity contribution in [1.29, 1.82) is 0 Å². The van der Waals surface area contributed by atoms with Crippen molar-refractivity contribution in [2.75, 3.05) is 33.4 Å². The number of Topliss-reactive ketones (excluding diaryl/α,β-unsaturated/α-hetero) is 1. The average Bonchev–Trinajstić information content (AvgIpc) is 2.93. The van der Waals surface area contributed by atoms with Gasteiger partial charge in [-0.1, -0.05) is 34.1 Å². The molecule has 39 heavy (non-hydrogen) atoms. The summed E-state index contributed by atoms with van der Waals surface area (Å²) in [6.07, 6.45) is 1.38. The molecule has 7 nitrogen and oxygen atoms in total. The van der Waals surface area contributed by atoms with Crippen LogP contribution in [-0.4, -0.2) is 56.0 Å². The van der Waals surface area contributed by atoms with E-state index in [2.05, 4.69) is 26.1 Å². The fraction of sp³-hybridized carbons (Fsp3) is 0.367. The number of carbonyl (C=O) groups excluding carboxylic acids is 3. The molecule has 0 aliphatic carbocycles. The molecule has 1 atom stereocenters. The SMILES string of the molecule is COC(=O)C1=C(C)NC(C)=C(C(=O)OCCN2CCC(C(=O)c3ccc(F)cc3)CC2)C1c1ccccc1Br. The first-order valence-corrected chi connectivity index (χ1v) is 13.7. The van der Waals surface area contributed by atoms with Gasteiger partial charge in [0, 0.05) is 33.9 Å². The van der Waals surface area contributed by atoms with Gasteiger partial charge in [-0.15, -0.1) is 0 Å². The number of hydrogen-bond acceptors (Lipinski definition) is 7. The maximum absolute atomic E-state index is 13.4. The van der Waals surface area contributed by atoms with E-state index in [-0.39, 0.29) is 24.1 Å². The zero-order valence-corrected chi connectivity index (χ0v) is 23.8. The van der Waals surface area contributed by atoms with Crippen LogP contribution in [0.15, 0.2) is 75.5 Å². The first-order valence-electron chi connectivity index (χ1n) is 12.9. The van der Waals surface area contributed by atoms with Crippen LogP contribution in [0.4, 0.5) is 4.39 Å². The summed E-state index contributed by atoms with van der Waals surface area (Å²) in [6.45, 7) is 5.68. The first kappa shape index (κ1) is 28.7. The Balaban J connectivity index is 1.39. The summed E-state index contributed by atoms with van der Waals surface area (Å²) in [4.78, 5) is 41.1. The lowest BCUT2D eigenvalue weighted by atomic mass is 9.80. The van der Waals surface area contributed by atoms with Crippen LogP contribution in [0.1, 0.15) is 48.5 Å². The number of hydrogen-bond donors (Lipinski definition) is 1. The molecule has 2 aromatic carbocycles. The van der Waals surface area contributed by atoms with Gasteiger partial charge < -0.3 is 14.8 Å². The van der Waals surface area contributed by atoms with E-state index in [9.17, 15) is 18.8 Å². The second-order valence-electron chi connectivity index (χ2n) is 9.77. The fourth-order valence-corrected chi connectivity index (χ4v) is 5.79. The molecule has 2 aliphatic rings. The zero-order valence-electron chi connectivity index (χ0n) is 22.3. The summed E-state index contributed by atoms with van der Waals surface area (Å²) in [6, 6.07) is 13.1. The number of esters is 2. The van der Waals surface area contributed by atoms with Gasteiger partial charge in [0.1, 0.15) is 12.4 Å². The Morgan fingerprint density at radius 2 is 1.59 bits per heavy atom. The molecule has 9 heteroatoms. The molecule has 0 saturated carbocycles. The lowest BCUT2D eigenvalue weighted by Gasteiger charge is -2.32. The Hall–Kier alpha value is -3.30. The monoisotopic (exact) mass is 598 g/mol. The molecule has 1 N–H and O–H groups in total. The Morgan fingerprint density at radius 1 is 0.974 bits per heavy atom. The normalized spacial score (nSPS) is 18.5. The highest BCUT2D eigenvalue weighted by atomic mass is 79.9. The maximum Gasteiger partial charge on any atom is 0.336 e. The third-order valence-corrected chi connectivity index (χ3v) is 8.05. The Morgan fingerprint density at radius 3 is 2.21 bits per heavy atom. The summed E-state index contributed by atoms with van der Waals surface area (Å²) < 4.78 is 24.7. The van der Waals surface area contributed by atoms with Crippen LogP contribution in [0, 0.1) is 11.7 Å². The predicted molar refractivity (Wildman–Crippen MR) is 148 cm³/mol. The minimum absolute atomic E-state index is 0.0381. The smallest absolute Gasteiger partial charge is 0.336 e. The standard InChI is InChI=1S/C30H32BrFN2O5/c1-18-25(29(36)38-3)27(23-6-4-5-7-24(23)31)26(19(2)33-18)30(37)39-17-16-34-14-12-21(13-15-34)28(35)20-8-10-22(32)11-9-20/h4-11,21,27,33H,12-17H2,1-3H3. The summed E-state index contributed by atoms with van der Waals surface area (Å²) in [5.74, 6) is -2.10. The van der Waals surface area contributed by atoms with Gasteiger partial charge in [0.2, 0.25) is 0 Å². The van der Waals surface area contributed by atoms with Crippen LogP contribution in [0.3, 0.4) is 0 Å². The van der Waals surface area contributed by atoms with Crippen molar-refractivity contribution in [2.45, 2.75) is 32.6 Å². The molecule has 4 rings (SSSR count). The number of halogens is 2. The first-order chi connectivity index (χ1) is 18.7. The van der Waals surface area contributed by atoms with Gasteiger partial charge in [-0.3, -0.25) is 9.69 Å². The van der Waals surface area contributed by atoms with Crippen molar-refractivity contribution in [1.82, 2.24) is 10.2 Å². The van der Waals surface area contributed by atoms with E-state index < -0.39 is 17.9 Å². The molecular weight excluding hydrogens is 567 g/mol. The molecule has 0 amide bonds. The highest BCUT2D eigenvalue weighted by molar-refractivity contribution is 9.10. The Bertz CT molecular complexity index is 1310. The lowest BCUT2D eigenvalue weighted by Crippen LogP contribution is -2.39. The topological polar surface area (TPSA) is 84.9 Å². The second kappa shape index (κ2) is 12.7. The van der Waals surface area contributed by atoms with Crippen LogP contribution < -0.4 is 5.32 Å². The number of rotatable bonds is 8. The number of piperidine rings is 1. The number of methoxy groups -OCH3 is 1. The third kappa shape index (κ3) is 6.47. The molecule has 0 radical (unpaired) electrons. The Labute approximate surface area is 236 Å². The van der Waals surface area contributed by atoms with Gasteiger partial charge in [-0.05, 0) is 75.7 Å². The van der Waals surface area contributed by atoms with Gasteiger partial charge in [0.15, 0.2) is 5.78 Å². The van der Waals surface area contributed by atoms with Crippen LogP contribution in [0.2, 0.25) is 0 Å². The molecule has 1 unspecified atom stereocenters. The summed E-state index contributed by atoms with van der Waals surface area (Å²) in [7, 11) is 1.32. The van der Waals surface area contributed by atoms with Gasteiger partial charge in [-0.25, -0.2) is 14.0 Å². The summed E-state index contributed by atoms with van der Waals surface area (Å²) in [5, 5.41) is 3.15. The molecule has 0 bridgehead atoms. The number of nitrogens with zero attached hydrogens (tertiary/aromatic N) is 1. The molecule has 1 saturated heterocycles. The van der Waals surface area contributed by atoms with Crippen molar-refractivity contribution in [3.8, 4) is 0 Å². The molecule has 2 aromatic rings. The van der Waals surface area contributed by atoms with E-state index in [0.29, 0.717) is 60.6 Å². The molecular formula is C30H32BrFN2O5. The van der Waals surface area contributed by atoms with Gasteiger partial charge in [0.25, 0.3) is 0 Å². The number of likely N-dealkylation sites (tertiary alicyclic amines) is 1. The predicted octanol–water partition coefficient (Wildman–Crippen LogP) is 5.13. The molecule has 1 fully saturated rings. The van der Waals surface area contributed by atoms with E-state index in [1.165, 1.54) is 31.4 Å². The van der Waals surface area contributed by atoms with E-state index >= 15 is 0 Å². The van der Waals surface area contributed by atoms with Crippen LogP contribution in [0.25, 0.3) is 0 Å². The highest BCUT2D eigenvalue weighted by Gasteiger charge is 2.38. The van der Waals surface area contributed by atoms with Gasteiger partial charge >= 0.3 is 11.9 Å². The molecule has 0 spiro atoms. The van der Waals surface area contributed by atoms with E-state index in [4.69, 9.17) is 9.47 Å².